The number of anilines is 1. The molecule has 2 aromatic rings. The minimum absolute atomic E-state index is 0.148. The second-order valence-electron chi connectivity index (χ2n) is 6.26. The number of carbonyl (C=O) groups is 2. The van der Waals surface area contributed by atoms with Crippen LogP contribution in [0.2, 0.25) is 0 Å². The van der Waals surface area contributed by atoms with Crippen molar-refractivity contribution in [3.8, 4) is 5.75 Å². The maximum Gasteiger partial charge on any atom is 0.328 e. The monoisotopic (exact) mass is 390 g/mol. The summed E-state index contributed by atoms with van der Waals surface area (Å²) in [4.78, 5) is 35.0. The Hall–Kier alpha value is -3.43. The number of aromatic nitrogens is 2. The van der Waals surface area contributed by atoms with Crippen molar-refractivity contribution in [3.05, 3.63) is 45.3 Å². The third kappa shape index (κ3) is 4.64. The smallest absolute Gasteiger partial charge is 0.328 e. The molecule has 0 unspecified atom stereocenters. The van der Waals surface area contributed by atoms with E-state index in [4.69, 9.17) is 9.47 Å². The highest BCUT2D eigenvalue weighted by Gasteiger charge is 2.25. The largest absolute Gasteiger partial charge is 0.495 e. The molecule has 0 aliphatic rings. The van der Waals surface area contributed by atoms with Crippen LogP contribution >= 0.6 is 0 Å². The van der Waals surface area contributed by atoms with Crippen LogP contribution in [0.5, 0.6) is 5.75 Å². The summed E-state index contributed by atoms with van der Waals surface area (Å²) in [6, 6.07) is 5.29. The lowest BCUT2D eigenvalue weighted by molar-refractivity contribution is -0.386. The van der Waals surface area contributed by atoms with Gasteiger partial charge >= 0.3 is 11.7 Å². The first-order valence-corrected chi connectivity index (χ1v) is 8.47. The summed E-state index contributed by atoms with van der Waals surface area (Å²) in [5.74, 6) is -0.789. The van der Waals surface area contributed by atoms with E-state index in [1.165, 1.54) is 32.6 Å². The minimum atomic E-state index is -1.08. The maximum absolute atomic E-state index is 12.3. The van der Waals surface area contributed by atoms with Crippen molar-refractivity contribution < 1.29 is 24.0 Å². The second-order valence-corrected chi connectivity index (χ2v) is 6.26. The van der Waals surface area contributed by atoms with Gasteiger partial charge in [0.2, 0.25) is 0 Å². The highest BCUT2D eigenvalue weighted by atomic mass is 16.6. The van der Waals surface area contributed by atoms with Crippen molar-refractivity contribution in [2.75, 3.05) is 12.4 Å². The molecule has 0 spiro atoms. The molecule has 1 aromatic heterocycles. The molecule has 2 rings (SSSR count). The molecule has 1 amide bonds. The lowest BCUT2D eigenvalue weighted by atomic mass is 10.2. The van der Waals surface area contributed by atoms with E-state index >= 15 is 0 Å². The molecule has 1 atom stereocenters. The van der Waals surface area contributed by atoms with Crippen LogP contribution in [0.4, 0.5) is 11.4 Å². The standard InChI is InChI=1S/C18H22N4O6/c1-10-6-7-15(27-5)14(8-10)19-18(24)13(4)28-16(23)9-21-12(3)17(22(25)26)11(2)20-21/h6-8,13H,9H2,1-5H3,(H,19,24)/t13-/m1/s1. The summed E-state index contributed by atoms with van der Waals surface area (Å²) in [5, 5.41) is 17.7. The SMILES string of the molecule is COc1ccc(C)cc1NC(=O)[C@@H](C)OC(=O)Cn1nc(C)c([N+](=O)[O-])c1C. The summed E-state index contributed by atoms with van der Waals surface area (Å²) in [6.07, 6.45) is -1.08. The Bertz CT molecular complexity index is 921. The fourth-order valence-corrected chi connectivity index (χ4v) is 2.67. The third-order valence-corrected chi connectivity index (χ3v) is 4.10. The second kappa shape index (κ2) is 8.51. The molecule has 0 radical (unpaired) electrons. The first-order chi connectivity index (χ1) is 13.1. The average molecular weight is 390 g/mol. The average Bonchev–Trinajstić information content (AvgIpc) is 2.88. The summed E-state index contributed by atoms with van der Waals surface area (Å²) in [6.45, 7) is 5.93. The Labute approximate surface area is 161 Å². The van der Waals surface area contributed by atoms with Crippen molar-refractivity contribution in [2.45, 2.75) is 40.3 Å². The minimum Gasteiger partial charge on any atom is -0.495 e. The summed E-state index contributed by atoms with van der Waals surface area (Å²) >= 11 is 0. The zero-order chi connectivity index (χ0) is 21.0. The van der Waals surface area contributed by atoms with E-state index in [0.29, 0.717) is 11.4 Å². The van der Waals surface area contributed by atoms with E-state index in [-0.39, 0.29) is 23.6 Å². The highest BCUT2D eigenvalue weighted by molar-refractivity contribution is 5.96. The fraction of sp³-hybridized carbons (Fsp3) is 0.389. The number of rotatable bonds is 7. The number of hydrogen-bond acceptors (Lipinski definition) is 7. The van der Waals surface area contributed by atoms with Gasteiger partial charge < -0.3 is 14.8 Å². The lowest BCUT2D eigenvalue weighted by Crippen LogP contribution is -2.31. The van der Waals surface area contributed by atoms with E-state index in [0.717, 1.165) is 5.56 Å². The van der Waals surface area contributed by atoms with Gasteiger partial charge in [-0.05, 0) is 45.4 Å². The van der Waals surface area contributed by atoms with Crippen molar-refractivity contribution in [1.82, 2.24) is 9.78 Å². The van der Waals surface area contributed by atoms with E-state index in [1.807, 2.05) is 13.0 Å². The molecule has 1 aromatic carbocycles. The fourth-order valence-electron chi connectivity index (χ4n) is 2.67. The Morgan fingerprint density at radius 3 is 2.57 bits per heavy atom. The molecule has 150 valence electrons. The molecular formula is C18H22N4O6. The van der Waals surface area contributed by atoms with Crippen molar-refractivity contribution in [3.63, 3.8) is 0 Å². The molecule has 0 fully saturated rings. The summed E-state index contributed by atoms with van der Waals surface area (Å²) in [5.41, 5.74) is 1.68. The van der Waals surface area contributed by atoms with Crippen molar-refractivity contribution >= 4 is 23.3 Å². The van der Waals surface area contributed by atoms with Gasteiger partial charge in [-0.3, -0.25) is 24.4 Å². The number of carbonyl (C=O) groups excluding carboxylic acids is 2. The molecule has 10 nitrogen and oxygen atoms in total. The number of benzene rings is 1. The van der Waals surface area contributed by atoms with E-state index in [1.54, 1.807) is 12.1 Å². The number of ether oxygens (including phenoxy) is 2. The van der Waals surface area contributed by atoms with Crippen LogP contribution in [0.3, 0.4) is 0 Å². The lowest BCUT2D eigenvalue weighted by Gasteiger charge is -2.15. The van der Waals surface area contributed by atoms with Gasteiger partial charge in [0, 0.05) is 0 Å². The van der Waals surface area contributed by atoms with Gasteiger partial charge in [-0.15, -0.1) is 0 Å². The third-order valence-electron chi connectivity index (χ3n) is 4.10. The normalized spacial score (nSPS) is 11.6. The Morgan fingerprint density at radius 1 is 1.32 bits per heavy atom. The van der Waals surface area contributed by atoms with Gasteiger partial charge in [0.05, 0.1) is 17.7 Å². The number of amides is 1. The van der Waals surface area contributed by atoms with Gasteiger partial charge in [0.25, 0.3) is 5.91 Å². The molecule has 28 heavy (non-hydrogen) atoms. The van der Waals surface area contributed by atoms with E-state index in [9.17, 15) is 19.7 Å². The molecule has 0 saturated heterocycles. The number of hydrogen-bond donors (Lipinski definition) is 1. The van der Waals surface area contributed by atoms with Crippen molar-refractivity contribution in [1.29, 1.82) is 0 Å². The molecule has 0 bridgehead atoms. The van der Waals surface area contributed by atoms with Gasteiger partial charge in [0.15, 0.2) is 6.10 Å². The zero-order valence-electron chi connectivity index (χ0n) is 16.3. The van der Waals surface area contributed by atoms with Crippen LogP contribution in [0, 0.1) is 30.9 Å². The molecule has 0 aliphatic carbocycles. The molecule has 1 N–H and O–H groups in total. The van der Waals surface area contributed by atoms with Crippen LogP contribution in [-0.4, -0.2) is 39.8 Å². The van der Waals surface area contributed by atoms with Crippen LogP contribution in [-0.2, 0) is 20.9 Å². The van der Waals surface area contributed by atoms with Gasteiger partial charge in [-0.2, -0.15) is 5.10 Å². The molecule has 10 heteroatoms. The zero-order valence-corrected chi connectivity index (χ0v) is 16.3. The number of aryl methyl sites for hydroxylation is 2. The van der Waals surface area contributed by atoms with Crippen LogP contribution in [0.1, 0.15) is 23.9 Å². The molecule has 0 aliphatic heterocycles. The first-order valence-electron chi connectivity index (χ1n) is 8.47. The van der Waals surface area contributed by atoms with Crippen molar-refractivity contribution in [2.24, 2.45) is 0 Å². The number of nitro groups is 1. The molecule has 1 heterocycles. The van der Waals surface area contributed by atoms with E-state index in [2.05, 4.69) is 10.4 Å². The Kier molecular flexibility index (Phi) is 6.34. The Morgan fingerprint density at radius 2 is 2.00 bits per heavy atom. The quantitative estimate of drug-likeness (QED) is 0.437. The molecule has 0 saturated carbocycles. The molecular weight excluding hydrogens is 368 g/mol. The van der Waals surface area contributed by atoms with Gasteiger partial charge in [-0.1, -0.05) is 6.07 Å². The summed E-state index contributed by atoms with van der Waals surface area (Å²) in [7, 11) is 1.48. The number of methoxy groups -OCH3 is 1. The van der Waals surface area contributed by atoms with Crippen LogP contribution in [0.15, 0.2) is 18.2 Å². The van der Waals surface area contributed by atoms with Crippen LogP contribution in [0.25, 0.3) is 0 Å². The highest BCUT2D eigenvalue weighted by Crippen LogP contribution is 2.25. The predicted molar refractivity (Wildman–Crippen MR) is 100 cm³/mol. The number of nitrogens with zero attached hydrogens (tertiary/aromatic N) is 3. The topological polar surface area (TPSA) is 126 Å². The van der Waals surface area contributed by atoms with E-state index < -0.39 is 22.9 Å². The maximum atomic E-state index is 12.3. The van der Waals surface area contributed by atoms with Gasteiger partial charge in [0.1, 0.15) is 23.7 Å². The Balaban J connectivity index is 2.03. The summed E-state index contributed by atoms with van der Waals surface area (Å²) < 4.78 is 11.5. The van der Waals surface area contributed by atoms with Gasteiger partial charge in [-0.25, -0.2) is 0 Å². The number of esters is 1. The van der Waals surface area contributed by atoms with Crippen LogP contribution < -0.4 is 10.1 Å². The predicted octanol–water partition coefficient (Wildman–Crippen LogP) is 2.30. The number of nitrogens with one attached hydrogen (secondary N) is 1. The first kappa shape index (κ1) is 20.9.